The van der Waals surface area contributed by atoms with E-state index in [0.717, 1.165) is 0 Å². The van der Waals surface area contributed by atoms with Crippen LogP contribution in [0, 0.1) is 12.7 Å². The maximum Gasteiger partial charge on any atom is 0.573 e. The Morgan fingerprint density at radius 2 is 1.59 bits per heavy atom. The molecule has 0 aliphatic heterocycles. The maximum absolute atomic E-state index is 12.9. The highest BCUT2D eigenvalue weighted by Gasteiger charge is 2.32. The molecule has 0 bridgehead atoms. The lowest BCUT2D eigenvalue weighted by Gasteiger charge is -2.19. The van der Waals surface area contributed by atoms with Gasteiger partial charge in [-0.3, -0.25) is 0 Å². The summed E-state index contributed by atoms with van der Waals surface area (Å²) in [6.07, 6.45) is -5.36. The third-order valence-electron chi connectivity index (χ3n) is 2.97. The zero-order chi connectivity index (χ0) is 16.3. The molecule has 0 aliphatic rings. The molecule has 6 heteroatoms. The molecule has 1 atom stereocenters. The van der Waals surface area contributed by atoms with Gasteiger partial charge in [-0.2, -0.15) is 0 Å². The Bertz CT molecular complexity index is 636. The van der Waals surface area contributed by atoms with Crippen molar-refractivity contribution >= 4 is 0 Å². The van der Waals surface area contributed by atoms with Crippen LogP contribution in [0.4, 0.5) is 17.6 Å². The van der Waals surface area contributed by atoms with Crippen molar-refractivity contribution in [2.75, 3.05) is 0 Å². The van der Waals surface area contributed by atoms with E-state index in [0.29, 0.717) is 11.1 Å². The Labute approximate surface area is 125 Å². The lowest BCUT2D eigenvalue weighted by molar-refractivity contribution is -0.275. The van der Waals surface area contributed by atoms with Crippen LogP contribution in [0.5, 0.6) is 11.5 Å². The zero-order valence-electron chi connectivity index (χ0n) is 11.9. The van der Waals surface area contributed by atoms with E-state index in [1.807, 2.05) is 0 Å². The van der Waals surface area contributed by atoms with Crippen LogP contribution in [0.3, 0.4) is 0 Å². The molecule has 118 valence electrons. The molecule has 0 heterocycles. The van der Waals surface area contributed by atoms with Gasteiger partial charge in [0.25, 0.3) is 0 Å². The van der Waals surface area contributed by atoms with Crippen LogP contribution in [0.25, 0.3) is 0 Å². The highest BCUT2D eigenvalue weighted by atomic mass is 19.4. The van der Waals surface area contributed by atoms with Gasteiger partial charge in [0.1, 0.15) is 11.9 Å². The molecule has 2 rings (SSSR count). The molecule has 0 N–H and O–H groups in total. The predicted octanol–water partition coefficient (Wildman–Crippen LogP) is 5.17. The Balaban J connectivity index is 2.23. The van der Waals surface area contributed by atoms with Crippen LogP contribution in [-0.4, -0.2) is 6.36 Å². The highest BCUT2D eigenvalue weighted by molar-refractivity contribution is 5.43. The van der Waals surface area contributed by atoms with Crippen molar-refractivity contribution in [2.45, 2.75) is 26.3 Å². The third-order valence-corrected chi connectivity index (χ3v) is 2.97. The largest absolute Gasteiger partial charge is 0.573 e. The van der Waals surface area contributed by atoms with Crippen molar-refractivity contribution in [3.8, 4) is 11.5 Å². The molecule has 0 radical (unpaired) electrons. The molecule has 2 aromatic carbocycles. The second-order valence-electron chi connectivity index (χ2n) is 4.81. The van der Waals surface area contributed by atoms with E-state index in [4.69, 9.17) is 4.74 Å². The minimum Gasteiger partial charge on any atom is -0.482 e. The van der Waals surface area contributed by atoms with Crippen LogP contribution in [0.1, 0.15) is 24.2 Å². The van der Waals surface area contributed by atoms with Crippen LogP contribution < -0.4 is 9.47 Å². The molecule has 1 unspecified atom stereocenters. The van der Waals surface area contributed by atoms with Crippen molar-refractivity contribution in [1.82, 2.24) is 0 Å². The first kappa shape index (κ1) is 16.1. The number of aryl methyl sites for hydroxylation is 1. The first-order valence-electron chi connectivity index (χ1n) is 6.53. The maximum atomic E-state index is 12.9. The molecule has 0 saturated carbocycles. The molecule has 0 saturated heterocycles. The van der Waals surface area contributed by atoms with E-state index < -0.39 is 24.0 Å². The molecule has 2 nitrogen and oxygen atoms in total. The van der Waals surface area contributed by atoms with E-state index in [1.54, 1.807) is 19.9 Å². The monoisotopic (exact) mass is 314 g/mol. The molecule has 0 aromatic heterocycles. The minimum absolute atomic E-state index is 0.0280. The van der Waals surface area contributed by atoms with Gasteiger partial charge in [-0.15, -0.1) is 13.2 Å². The summed E-state index contributed by atoms with van der Waals surface area (Å²) in [5.41, 5.74) is 1.25. The van der Waals surface area contributed by atoms with Crippen LogP contribution in [-0.2, 0) is 0 Å². The van der Waals surface area contributed by atoms with E-state index in [9.17, 15) is 17.6 Å². The molecule has 2 aromatic rings. The average Bonchev–Trinajstić information content (AvgIpc) is 2.41. The van der Waals surface area contributed by atoms with Crippen molar-refractivity contribution in [2.24, 2.45) is 0 Å². The van der Waals surface area contributed by atoms with Crippen molar-refractivity contribution < 1.29 is 27.0 Å². The summed E-state index contributed by atoms with van der Waals surface area (Å²) in [6, 6.07) is 9.83. The number of rotatable bonds is 4. The summed E-state index contributed by atoms with van der Waals surface area (Å²) < 4.78 is 59.7. The van der Waals surface area contributed by atoms with E-state index >= 15 is 0 Å². The summed E-state index contributed by atoms with van der Waals surface area (Å²) >= 11 is 0. The number of alkyl halides is 3. The first-order valence-corrected chi connectivity index (χ1v) is 6.53. The van der Waals surface area contributed by atoms with Gasteiger partial charge in [0.05, 0.1) is 0 Å². The Morgan fingerprint density at radius 1 is 0.955 bits per heavy atom. The van der Waals surface area contributed by atoms with E-state index in [-0.39, 0.29) is 5.75 Å². The molecular formula is C16H14F4O2. The van der Waals surface area contributed by atoms with Crippen LogP contribution in [0.2, 0.25) is 0 Å². The van der Waals surface area contributed by atoms with Gasteiger partial charge in [0, 0.05) is 0 Å². The summed E-state index contributed by atoms with van der Waals surface area (Å²) in [7, 11) is 0. The molecule has 0 amide bonds. The van der Waals surface area contributed by atoms with E-state index in [1.165, 1.54) is 36.4 Å². The fourth-order valence-corrected chi connectivity index (χ4v) is 1.91. The van der Waals surface area contributed by atoms with Gasteiger partial charge in [-0.05, 0) is 49.2 Å². The van der Waals surface area contributed by atoms with Gasteiger partial charge in [0.2, 0.25) is 0 Å². The molecule has 22 heavy (non-hydrogen) atoms. The lowest BCUT2D eigenvalue weighted by Crippen LogP contribution is -2.18. The van der Waals surface area contributed by atoms with Crippen molar-refractivity contribution in [1.29, 1.82) is 0 Å². The smallest absolute Gasteiger partial charge is 0.482 e. The second kappa shape index (κ2) is 6.25. The zero-order valence-corrected chi connectivity index (χ0v) is 11.9. The molecule has 0 spiro atoms. The average molecular weight is 314 g/mol. The van der Waals surface area contributed by atoms with Gasteiger partial charge in [-0.25, -0.2) is 4.39 Å². The Hall–Kier alpha value is -2.24. The van der Waals surface area contributed by atoms with Gasteiger partial charge < -0.3 is 9.47 Å². The fraction of sp³-hybridized carbons (Fsp3) is 0.250. The number of hydrogen-bond donors (Lipinski definition) is 0. The lowest BCUT2D eigenvalue weighted by atomic mass is 10.1. The summed E-state index contributed by atoms with van der Waals surface area (Å²) in [4.78, 5) is 0. The molecule has 0 fully saturated rings. The van der Waals surface area contributed by atoms with Crippen LogP contribution >= 0.6 is 0 Å². The predicted molar refractivity (Wildman–Crippen MR) is 73.3 cm³/mol. The standard InChI is InChI=1S/C16H14F4O2/c1-10-3-8-14(15(9-10)22-16(18,19)20)21-11(2)12-4-6-13(17)7-5-12/h3-9,11H,1-2H3. The Kier molecular flexibility index (Phi) is 4.59. The summed E-state index contributed by atoms with van der Waals surface area (Å²) in [6.45, 7) is 3.31. The minimum atomic E-state index is -4.80. The highest BCUT2D eigenvalue weighted by Crippen LogP contribution is 2.35. The van der Waals surface area contributed by atoms with Gasteiger partial charge in [0.15, 0.2) is 11.5 Å². The number of halogens is 4. The molecule has 0 aliphatic carbocycles. The van der Waals surface area contributed by atoms with Crippen molar-refractivity contribution in [3.05, 3.63) is 59.4 Å². The van der Waals surface area contributed by atoms with Crippen LogP contribution in [0.15, 0.2) is 42.5 Å². The van der Waals surface area contributed by atoms with Crippen molar-refractivity contribution in [3.63, 3.8) is 0 Å². The van der Waals surface area contributed by atoms with Gasteiger partial charge >= 0.3 is 6.36 Å². The first-order chi connectivity index (χ1) is 10.2. The number of hydrogen-bond acceptors (Lipinski definition) is 2. The summed E-state index contributed by atoms with van der Waals surface area (Å²) in [5.74, 6) is -0.825. The second-order valence-corrected chi connectivity index (χ2v) is 4.81. The van der Waals surface area contributed by atoms with E-state index in [2.05, 4.69) is 4.74 Å². The van der Waals surface area contributed by atoms with Gasteiger partial charge in [-0.1, -0.05) is 18.2 Å². The SMILES string of the molecule is Cc1ccc(OC(C)c2ccc(F)cc2)c(OC(F)(F)F)c1. The third kappa shape index (κ3) is 4.38. The number of benzene rings is 2. The summed E-state index contributed by atoms with van der Waals surface area (Å²) in [5, 5.41) is 0. The normalized spacial score (nSPS) is 12.8. The molecular weight excluding hydrogens is 300 g/mol. The number of ether oxygens (including phenoxy) is 2. The fourth-order valence-electron chi connectivity index (χ4n) is 1.91. The quantitative estimate of drug-likeness (QED) is 0.725. The Morgan fingerprint density at radius 3 is 2.18 bits per heavy atom. The topological polar surface area (TPSA) is 18.5 Å².